The second-order valence-electron chi connectivity index (χ2n) is 6.30. The van der Waals surface area contributed by atoms with Gasteiger partial charge in [0.15, 0.2) is 11.0 Å². The van der Waals surface area contributed by atoms with Crippen LogP contribution in [0.2, 0.25) is 0 Å². The van der Waals surface area contributed by atoms with Crippen molar-refractivity contribution in [3.05, 3.63) is 69.8 Å². The van der Waals surface area contributed by atoms with Crippen molar-refractivity contribution in [1.82, 2.24) is 10.7 Å². The number of nitro benzene ring substituents is 1. The highest BCUT2D eigenvalue weighted by molar-refractivity contribution is 7.80. The molecule has 1 saturated heterocycles. The van der Waals surface area contributed by atoms with Crippen molar-refractivity contribution < 1.29 is 19.3 Å². The molecule has 3 rings (SSSR count). The van der Waals surface area contributed by atoms with E-state index in [2.05, 4.69) is 15.8 Å². The summed E-state index contributed by atoms with van der Waals surface area (Å²) in [4.78, 5) is 48.3. The van der Waals surface area contributed by atoms with Crippen molar-refractivity contribution in [2.24, 2.45) is 11.0 Å². The fourth-order valence-corrected chi connectivity index (χ4v) is 2.93. The lowest BCUT2D eigenvalue weighted by atomic mass is 10.1. The van der Waals surface area contributed by atoms with Gasteiger partial charge in [0.25, 0.3) is 17.5 Å². The van der Waals surface area contributed by atoms with E-state index in [1.54, 1.807) is 24.3 Å². The number of non-ortho nitro benzene ring substituents is 1. The lowest BCUT2D eigenvalue weighted by molar-refractivity contribution is -0.384. The molecule has 2 N–H and O–H groups in total. The van der Waals surface area contributed by atoms with E-state index in [9.17, 15) is 24.5 Å². The smallest absolute Gasteiger partial charge is 0.271 e. The Morgan fingerprint density at radius 1 is 1.20 bits per heavy atom. The number of nitro groups is 1. The first-order valence-electron chi connectivity index (χ1n) is 8.61. The second kappa shape index (κ2) is 8.57. The number of hydrogen-bond acceptors (Lipinski definition) is 7. The summed E-state index contributed by atoms with van der Waals surface area (Å²) < 4.78 is 0. The zero-order chi connectivity index (χ0) is 21.8. The number of aryl methyl sites for hydroxylation is 1. The third kappa shape index (κ3) is 4.36. The molecular formula is C19H15N5O5S. The summed E-state index contributed by atoms with van der Waals surface area (Å²) in [5.41, 5.74) is 3.63. The Kier molecular flexibility index (Phi) is 5.93. The largest absolute Gasteiger partial charge is 0.301 e. The zero-order valence-corrected chi connectivity index (χ0v) is 16.4. The lowest BCUT2D eigenvalue weighted by Crippen LogP contribution is -2.58. The highest BCUT2D eigenvalue weighted by Crippen LogP contribution is 2.20. The number of hydrazone groups is 1. The van der Waals surface area contributed by atoms with Crippen molar-refractivity contribution >= 4 is 52.6 Å². The summed E-state index contributed by atoms with van der Waals surface area (Å²) in [6.07, 6.45) is 1.00. The van der Waals surface area contributed by atoms with Crippen LogP contribution in [0.3, 0.4) is 0 Å². The zero-order valence-electron chi connectivity index (χ0n) is 15.6. The molecule has 0 saturated carbocycles. The van der Waals surface area contributed by atoms with Gasteiger partial charge in [-0.25, -0.2) is 5.43 Å². The second-order valence-corrected chi connectivity index (χ2v) is 6.69. The molecular weight excluding hydrogens is 410 g/mol. The summed E-state index contributed by atoms with van der Waals surface area (Å²) in [7, 11) is 0. The van der Waals surface area contributed by atoms with Gasteiger partial charge in [-0.3, -0.25) is 29.4 Å². The molecule has 3 amide bonds. The van der Waals surface area contributed by atoms with Crippen molar-refractivity contribution in [3.63, 3.8) is 0 Å². The molecule has 1 fully saturated rings. The third-order valence-corrected chi connectivity index (χ3v) is 4.51. The maximum atomic E-state index is 12.8. The van der Waals surface area contributed by atoms with E-state index >= 15 is 0 Å². The van der Waals surface area contributed by atoms with Gasteiger partial charge >= 0.3 is 0 Å². The number of rotatable bonds is 5. The van der Waals surface area contributed by atoms with Gasteiger partial charge in [-0.15, -0.1) is 0 Å². The topological polar surface area (TPSA) is 134 Å². The molecule has 1 heterocycles. The number of hydrogen-bond donors (Lipinski definition) is 2. The molecule has 152 valence electrons. The van der Waals surface area contributed by atoms with Crippen LogP contribution < -0.4 is 15.6 Å². The Hall–Kier alpha value is -3.99. The van der Waals surface area contributed by atoms with Gasteiger partial charge in [-0.1, -0.05) is 17.7 Å². The maximum absolute atomic E-state index is 12.8. The predicted molar refractivity (Wildman–Crippen MR) is 112 cm³/mol. The van der Waals surface area contributed by atoms with Gasteiger partial charge in [0, 0.05) is 23.9 Å². The minimum atomic E-state index is -1.30. The standard InChI is InChI=1S/C19H15N5O5S/c1-11-2-6-13(7-3-11)23-18(27)15(17(26)21-19(23)30)10-20-22-16(25)12-4-8-14(9-5-12)24(28)29/h2-10,15H,1H3,(H,22,25)(H,21,26,30)/b20-10+/t15-/m1/s1. The van der Waals surface area contributed by atoms with Crippen molar-refractivity contribution in [1.29, 1.82) is 0 Å². The first-order valence-corrected chi connectivity index (χ1v) is 9.02. The monoisotopic (exact) mass is 425 g/mol. The summed E-state index contributed by atoms with van der Waals surface area (Å²) in [5, 5.41) is 16.7. The highest BCUT2D eigenvalue weighted by atomic mass is 32.1. The number of nitrogens with one attached hydrogen (secondary N) is 2. The van der Waals surface area contributed by atoms with Gasteiger partial charge in [0.1, 0.15) is 0 Å². The molecule has 0 radical (unpaired) electrons. The van der Waals surface area contributed by atoms with Crippen molar-refractivity contribution in [3.8, 4) is 0 Å². The van der Waals surface area contributed by atoms with Crippen LogP contribution in [-0.2, 0) is 9.59 Å². The molecule has 0 spiro atoms. The molecule has 1 aliphatic heterocycles. The van der Waals surface area contributed by atoms with Crippen molar-refractivity contribution in [2.45, 2.75) is 6.92 Å². The van der Waals surface area contributed by atoms with E-state index in [-0.39, 0.29) is 16.4 Å². The van der Waals surface area contributed by atoms with E-state index in [0.717, 1.165) is 11.8 Å². The van der Waals surface area contributed by atoms with Gasteiger partial charge in [0.05, 0.1) is 10.6 Å². The van der Waals surface area contributed by atoms with Gasteiger partial charge in [0.2, 0.25) is 5.91 Å². The molecule has 30 heavy (non-hydrogen) atoms. The molecule has 1 atom stereocenters. The molecule has 0 aromatic heterocycles. The Balaban J connectivity index is 1.71. The summed E-state index contributed by atoms with van der Waals surface area (Å²) >= 11 is 5.11. The third-order valence-electron chi connectivity index (χ3n) is 4.22. The molecule has 2 aromatic rings. The number of anilines is 1. The Labute approximate surface area is 175 Å². The van der Waals surface area contributed by atoms with Gasteiger partial charge in [-0.2, -0.15) is 5.10 Å². The minimum Gasteiger partial charge on any atom is -0.301 e. The SMILES string of the molecule is Cc1ccc(N2C(=O)[C@H](/C=N/NC(=O)c3ccc([N+](=O)[O-])cc3)C(=O)NC2=S)cc1. The predicted octanol–water partition coefficient (Wildman–Crippen LogP) is 1.68. The van der Waals surface area contributed by atoms with E-state index in [4.69, 9.17) is 12.2 Å². The maximum Gasteiger partial charge on any atom is 0.271 e. The molecule has 2 aromatic carbocycles. The van der Waals surface area contributed by atoms with Crippen LogP contribution in [0.1, 0.15) is 15.9 Å². The van der Waals surface area contributed by atoms with Crippen molar-refractivity contribution in [2.75, 3.05) is 4.90 Å². The van der Waals surface area contributed by atoms with Crippen LogP contribution in [0.15, 0.2) is 53.6 Å². The molecule has 0 bridgehead atoms. The van der Waals surface area contributed by atoms with Gasteiger partial charge < -0.3 is 5.32 Å². The number of carbonyl (C=O) groups excluding carboxylic acids is 3. The normalized spacial score (nSPS) is 16.5. The first kappa shape index (κ1) is 20.7. The fourth-order valence-electron chi connectivity index (χ4n) is 2.63. The van der Waals surface area contributed by atoms with Crippen LogP contribution >= 0.6 is 12.2 Å². The average Bonchev–Trinajstić information content (AvgIpc) is 2.71. The Morgan fingerprint density at radius 2 is 1.83 bits per heavy atom. The average molecular weight is 425 g/mol. The van der Waals surface area contributed by atoms with E-state index < -0.39 is 28.6 Å². The van der Waals surface area contributed by atoms with Crippen LogP contribution in [0, 0.1) is 23.0 Å². The summed E-state index contributed by atoms with van der Waals surface area (Å²) in [6.45, 7) is 1.89. The summed E-state index contributed by atoms with van der Waals surface area (Å²) in [5.74, 6) is -3.23. The minimum absolute atomic E-state index is 0.0478. The Morgan fingerprint density at radius 3 is 2.43 bits per heavy atom. The van der Waals surface area contributed by atoms with E-state index in [1.165, 1.54) is 29.2 Å². The number of amides is 3. The first-order chi connectivity index (χ1) is 14.3. The summed E-state index contributed by atoms with van der Waals surface area (Å²) in [6, 6.07) is 11.9. The van der Waals surface area contributed by atoms with Gasteiger partial charge in [-0.05, 0) is 43.4 Å². The van der Waals surface area contributed by atoms with E-state index in [0.29, 0.717) is 5.69 Å². The molecule has 1 aliphatic rings. The molecule has 10 nitrogen and oxygen atoms in total. The van der Waals surface area contributed by atoms with Crippen LogP contribution in [0.25, 0.3) is 0 Å². The Bertz CT molecular complexity index is 1070. The van der Waals surface area contributed by atoms with E-state index in [1.807, 2.05) is 6.92 Å². The van der Waals surface area contributed by atoms with Crippen LogP contribution in [0.4, 0.5) is 11.4 Å². The number of nitrogens with zero attached hydrogens (tertiary/aromatic N) is 3. The number of carbonyl (C=O) groups is 3. The number of thiocarbonyl (C=S) groups is 1. The highest BCUT2D eigenvalue weighted by Gasteiger charge is 2.38. The number of benzene rings is 2. The van der Waals surface area contributed by atoms with Crippen LogP contribution in [0.5, 0.6) is 0 Å². The fraction of sp³-hybridized carbons (Fsp3) is 0.105. The molecule has 0 aliphatic carbocycles. The van der Waals surface area contributed by atoms with Crippen LogP contribution in [-0.4, -0.2) is 34.0 Å². The molecule has 0 unspecified atom stereocenters. The lowest BCUT2D eigenvalue weighted by Gasteiger charge is -2.30. The quantitative estimate of drug-likeness (QED) is 0.246. The molecule has 11 heteroatoms.